The molecule has 0 saturated heterocycles. The minimum atomic E-state index is -0.0194. The van der Waals surface area contributed by atoms with Gasteiger partial charge in [-0.2, -0.15) is 0 Å². The molecule has 0 atom stereocenters. The second-order valence-corrected chi connectivity index (χ2v) is 5.54. The van der Waals surface area contributed by atoms with E-state index in [0.29, 0.717) is 18.1 Å². The number of amides is 1. The Bertz CT molecular complexity index is 653. The third-order valence-electron chi connectivity index (χ3n) is 3.68. The molecule has 2 N–H and O–H groups in total. The highest BCUT2D eigenvalue weighted by molar-refractivity contribution is 5.89. The van der Waals surface area contributed by atoms with Crippen LogP contribution in [-0.4, -0.2) is 16.1 Å². The van der Waals surface area contributed by atoms with Crippen LogP contribution in [0.2, 0.25) is 0 Å². The van der Waals surface area contributed by atoms with Crippen LogP contribution in [0.1, 0.15) is 44.2 Å². The lowest BCUT2D eigenvalue weighted by molar-refractivity contribution is -0.116. The third kappa shape index (κ3) is 4.77. The van der Waals surface area contributed by atoms with Crippen LogP contribution in [0.15, 0.2) is 30.3 Å². The lowest BCUT2D eigenvalue weighted by Gasteiger charge is -2.13. The summed E-state index contributed by atoms with van der Waals surface area (Å²) >= 11 is 0. The maximum absolute atomic E-state index is 11.7. The summed E-state index contributed by atoms with van der Waals surface area (Å²) < 4.78 is 0. The number of carbonyl (C=O) groups excluding carboxylic acids is 1. The van der Waals surface area contributed by atoms with Crippen LogP contribution in [0.5, 0.6) is 0 Å². The lowest BCUT2D eigenvalue weighted by atomic mass is 10.1. The molecule has 0 fully saturated rings. The molecule has 0 bridgehead atoms. The molecule has 1 aromatic heterocycles. The molecule has 0 aliphatic rings. The number of aromatic nitrogens is 2. The summed E-state index contributed by atoms with van der Waals surface area (Å²) in [5.74, 6) is 1.13. The molecule has 5 nitrogen and oxygen atoms in total. The summed E-state index contributed by atoms with van der Waals surface area (Å²) in [6.45, 7) is 6.25. The monoisotopic (exact) mass is 312 g/mol. The van der Waals surface area contributed by atoms with E-state index < -0.39 is 0 Å². The first-order valence-corrected chi connectivity index (χ1v) is 8.13. The predicted octanol–water partition coefficient (Wildman–Crippen LogP) is 4.22. The van der Waals surface area contributed by atoms with E-state index in [1.807, 2.05) is 6.07 Å². The van der Waals surface area contributed by atoms with E-state index in [2.05, 4.69) is 59.8 Å². The fraction of sp³-hybridized carbons (Fsp3) is 0.389. The zero-order chi connectivity index (χ0) is 16.7. The number of aryl methyl sites for hydroxylation is 2. The molecule has 0 spiro atoms. The molecule has 23 heavy (non-hydrogen) atoms. The van der Waals surface area contributed by atoms with E-state index in [4.69, 9.17) is 0 Å². The summed E-state index contributed by atoms with van der Waals surface area (Å²) in [6, 6.07) is 9.82. The Labute approximate surface area is 137 Å². The zero-order valence-electron chi connectivity index (χ0n) is 14.0. The summed E-state index contributed by atoms with van der Waals surface area (Å²) in [5.41, 5.74) is 3.48. The molecule has 2 rings (SSSR count). The Kier molecular flexibility index (Phi) is 6.09. The third-order valence-corrected chi connectivity index (χ3v) is 3.68. The van der Waals surface area contributed by atoms with Crippen LogP contribution in [0.3, 0.4) is 0 Å². The van der Waals surface area contributed by atoms with E-state index in [1.165, 1.54) is 11.1 Å². The Morgan fingerprint density at radius 2 is 1.83 bits per heavy atom. The highest BCUT2D eigenvalue weighted by atomic mass is 16.1. The van der Waals surface area contributed by atoms with Gasteiger partial charge in [-0.1, -0.05) is 38.5 Å². The number of para-hydroxylation sites is 1. The Morgan fingerprint density at radius 1 is 1.09 bits per heavy atom. The lowest BCUT2D eigenvalue weighted by Crippen LogP contribution is -2.12. The normalized spacial score (nSPS) is 10.4. The van der Waals surface area contributed by atoms with Crippen molar-refractivity contribution in [2.45, 2.75) is 46.5 Å². The fourth-order valence-electron chi connectivity index (χ4n) is 2.34. The van der Waals surface area contributed by atoms with Crippen molar-refractivity contribution >= 4 is 23.2 Å². The number of benzene rings is 1. The van der Waals surface area contributed by atoms with Crippen molar-refractivity contribution in [1.29, 1.82) is 0 Å². The van der Waals surface area contributed by atoms with Crippen molar-refractivity contribution in [1.82, 2.24) is 10.2 Å². The van der Waals surface area contributed by atoms with Gasteiger partial charge < -0.3 is 10.6 Å². The summed E-state index contributed by atoms with van der Waals surface area (Å²) in [7, 11) is 0. The average molecular weight is 312 g/mol. The van der Waals surface area contributed by atoms with Crippen molar-refractivity contribution in [3.63, 3.8) is 0 Å². The maximum Gasteiger partial charge on any atom is 0.225 e. The van der Waals surface area contributed by atoms with E-state index in [9.17, 15) is 4.79 Å². The first kappa shape index (κ1) is 16.9. The molecule has 5 heteroatoms. The molecule has 2 aromatic rings. The van der Waals surface area contributed by atoms with Crippen LogP contribution in [-0.2, 0) is 11.2 Å². The Hall–Kier alpha value is -2.43. The van der Waals surface area contributed by atoms with Gasteiger partial charge in [0.15, 0.2) is 11.6 Å². The molecule has 122 valence electrons. The second kappa shape index (κ2) is 8.27. The van der Waals surface area contributed by atoms with Crippen LogP contribution in [0.25, 0.3) is 0 Å². The number of carbonyl (C=O) groups is 1. The number of hydrogen-bond donors (Lipinski definition) is 2. The van der Waals surface area contributed by atoms with Gasteiger partial charge in [0.25, 0.3) is 0 Å². The van der Waals surface area contributed by atoms with Gasteiger partial charge in [-0.25, -0.2) is 0 Å². The summed E-state index contributed by atoms with van der Waals surface area (Å²) in [6.07, 6.45) is 3.34. The van der Waals surface area contributed by atoms with E-state index in [-0.39, 0.29) is 5.91 Å². The average Bonchev–Trinajstić information content (AvgIpc) is 2.56. The minimum Gasteiger partial charge on any atom is -0.338 e. The Morgan fingerprint density at radius 3 is 2.48 bits per heavy atom. The number of nitrogens with one attached hydrogen (secondary N) is 2. The van der Waals surface area contributed by atoms with Gasteiger partial charge in [0.2, 0.25) is 5.91 Å². The van der Waals surface area contributed by atoms with Gasteiger partial charge in [-0.05, 0) is 43.0 Å². The van der Waals surface area contributed by atoms with E-state index in [0.717, 1.165) is 24.9 Å². The molecule has 1 heterocycles. The van der Waals surface area contributed by atoms with Crippen molar-refractivity contribution in [2.75, 3.05) is 10.6 Å². The van der Waals surface area contributed by atoms with Crippen molar-refractivity contribution in [2.24, 2.45) is 0 Å². The highest BCUT2D eigenvalue weighted by Crippen LogP contribution is 2.24. The van der Waals surface area contributed by atoms with Gasteiger partial charge >= 0.3 is 0 Å². The minimum absolute atomic E-state index is 0.0194. The number of hydrogen-bond acceptors (Lipinski definition) is 4. The van der Waals surface area contributed by atoms with Crippen molar-refractivity contribution in [3.05, 3.63) is 41.5 Å². The quantitative estimate of drug-likeness (QED) is 0.803. The predicted molar refractivity (Wildman–Crippen MR) is 94.0 cm³/mol. The molecule has 1 aromatic carbocycles. The molecule has 0 radical (unpaired) electrons. The number of nitrogens with zero attached hydrogens (tertiary/aromatic N) is 2. The van der Waals surface area contributed by atoms with Crippen molar-refractivity contribution < 1.29 is 4.79 Å². The van der Waals surface area contributed by atoms with Gasteiger partial charge in [-0.3, -0.25) is 4.79 Å². The Balaban J connectivity index is 2.05. The molecule has 1 amide bonds. The molecule has 0 aliphatic carbocycles. The number of unbranched alkanes of at least 4 members (excludes halogenated alkanes) is 1. The second-order valence-electron chi connectivity index (χ2n) is 5.54. The smallest absolute Gasteiger partial charge is 0.225 e. The largest absolute Gasteiger partial charge is 0.338 e. The van der Waals surface area contributed by atoms with Gasteiger partial charge in [0.1, 0.15) is 0 Å². The van der Waals surface area contributed by atoms with Gasteiger partial charge in [-0.15, -0.1) is 10.2 Å². The first-order chi connectivity index (χ1) is 11.1. The van der Waals surface area contributed by atoms with Crippen LogP contribution in [0, 0.1) is 6.92 Å². The highest BCUT2D eigenvalue weighted by Gasteiger charge is 2.07. The zero-order valence-corrected chi connectivity index (χ0v) is 14.0. The molecular formula is C18H24N4O. The standard InChI is InChI=1S/C18H24N4O/c1-4-6-10-17(23)19-15-11-12-16(22-21-15)20-18-13(3)8-7-9-14(18)5-2/h7-9,11-12H,4-6,10H2,1-3H3,(H,20,22)(H,19,21,23). The fourth-order valence-corrected chi connectivity index (χ4v) is 2.34. The molecule has 0 unspecified atom stereocenters. The van der Waals surface area contributed by atoms with Crippen LogP contribution < -0.4 is 10.6 Å². The van der Waals surface area contributed by atoms with E-state index in [1.54, 1.807) is 6.07 Å². The number of anilines is 3. The van der Waals surface area contributed by atoms with Gasteiger partial charge in [0, 0.05) is 12.1 Å². The first-order valence-electron chi connectivity index (χ1n) is 8.13. The van der Waals surface area contributed by atoms with Crippen molar-refractivity contribution in [3.8, 4) is 0 Å². The topological polar surface area (TPSA) is 66.9 Å². The molecular weight excluding hydrogens is 288 g/mol. The SMILES string of the molecule is CCCCC(=O)Nc1ccc(Nc2c(C)cccc2CC)nn1. The number of rotatable bonds is 7. The van der Waals surface area contributed by atoms with Gasteiger partial charge in [0.05, 0.1) is 0 Å². The molecule has 0 saturated carbocycles. The maximum atomic E-state index is 11.7. The summed E-state index contributed by atoms with van der Waals surface area (Å²) in [4.78, 5) is 11.7. The van der Waals surface area contributed by atoms with Crippen LogP contribution in [0.4, 0.5) is 17.3 Å². The van der Waals surface area contributed by atoms with Crippen LogP contribution >= 0.6 is 0 Å². The summed E-state index contributed by atoms with van der Waals surface area (Å²) in [5, 5.41) is 14.3. The molecule has 0 aliphatic heterocycles. The van der Waals surface area contributed by atoms with E-state index >= 15 is 0 Å².